The van der Waals surface area contributed by atoms with Gasteiger partial charge in [-0.3, -0.25) is 9.59 Å². The van der Waals surface area contributed by atoms with Crippen LogP contribution < -0.4 is 0 Å². The Morgan fingerprint density at radius 1 is 1.03 bits per heavy atom. The molecule has 0 saturated heterocycles. The average molecular weight is 436 g/mol. The fourth-order valence-electron chi connectivity index (χ4n) is 4.67. The Bertz CT molecular complexity index is 896. The minimum Gasteiger partial charge on any atom is -0.454 e. The minimum absolute atomic E-state index is 0.148. The summed E-state index contributed by atoms with van der Waals surface area (Å²) in [7, 11) is -2.19. The van der Waals surface area contributed by atoms with Crippen LogP contribution in [0.4, 0.5) is 0 Å². The summed E-state index contributed by atoms with van der Waals surface area (Å²) in [5.41, 5.74) is 1.86. The van der Waals surface area contributed by atoms with Gasteiger partial charge in [0.1, 0.15) is 0 Å². The molecule has 6 nitrogen and oxygen atoms in total. The van der Waals surface area contributed by atoms with Crippen LogP contribution in [0.1, 0.15) is 68.9 Å². The van der Waals surface area contributed by atoms with Crippen LogP contribution in [0.25, 0.3) is 0 Å². The molecule has 2 saturated carbocycles. The van der Waals surface area contributed by atoms with E-state index >= 15 is 0 Å². The van der Waals surface area contributed by atoms with Gasteiger partial charge < -0.3 is 9.64 Å². The Morgan fingerprint density at radius 2 is 1.67 bits per heavy atom. The highest BCUT2D eigenvalue weighted by Crippen LogP contribution is 2.42. The average Bonchev–Trinajstić information content (AvgIpc) is 3.25. The standard InChI is InChI=1S/C23H33NO5S/c1-17-11-12-20(15-18(17)2)30(27,28)23(13-7-8-14-23)22(26)29-16-21(25)24(3)19-9-5-4-6-10-19/h11-12,15,19H,4-10,13-14,16H2,1-3H3. The molecular weight excluding hydrogens is 402 g/mol. The molecule has 166 valence electrons. The first-order chi connectivity index (χ1) is 14.2. The van der Waals surface area contributed by atoms with Crippen molar-refractivity contribution < 1.29 is 22.7 Å². The van der Waals surface area contributed by atoms with Gasteiger partial charge in [0.05, 0.1) is 4.90 Å². The van der Waals surface area contributed by atoms with Gasteiger partial charge in [0.25, 0.3) is 5.91 Å². The molecule has 0 bridgehead atoms. The third-order valence-corrected chi connectivity index (χ3v) is 9.41. The summed E-state index contributed by atoms with van der Waals surface area (Å²) in [5, 5.41) is 0. The number of carbonyl (C=O) groups is 2. The summed E-state index contributed by atoms with van der Waals surface area (Å²) >= 11 is 0. The zero-order valence-electron chi connectivity index (χ0n) is 18.3. The lowest BCUT2D eigenvalue weighted by molar-refractivity contribution is -0.154. The number of likely N-dealkylation sites (N-methyl/N-ethyl adjacent to an activating group) is 1. The predicted octanol–water partition coefficient (Wildman–Crippen LogP) is 3.72. The van der Waals surface area contributed by atoms with E-state index in [1.165, 1.54) is 6.42 Å². The number of hydrogen-bond donors (Lipinski definition) is 0. The molecule has 30 heavy (non-hydrogen) atoms. The van der Waals surface area contributed by atoms with Crippen molar-refractivity contribution in [1.29, 1.82) is 0 Å². The molecule has 2 aliphatic rings. The Balaban J connectivity index is 1.75. The van der Waals surface area contributed by atoms with Crippen LogP contribution in [0.3, 0.4) is 0 Å². The van der Waals surface area contributed by atoms with Gasteiger partial charge in [-0.05, 0) is 62.8 Å². The van der Waals surface area contributed by atoms with Gasteiger partial charge in [-0.2, -0.15) is 0 Å². The molecule has 1 amide bonds. The summed E-state index contributed by atoms with van der Waals surface area (Å²) in [6.07, 6.45) is 7.05. The second-order valence-corrected chi connectivity index (χ2v) is 11.1. The molecule has 3 rings (SSSR count). The van der Waals surface area contributed by atoms with Crippen LogP contribution >= 0.6 is 0 Å². The molecule has 0 spiro atoms. The first-order valence-electron chi connectivity index (χ1n) is 10.9. The van der Waals surface area contributed by atoms with E-state index in [-0.39, 0.29) is 29.7 Å². The van der Waals surface area contributed by atoms with Crippen LogP contribution in [0.2, 0.25) is 0 Å². The minimum atomic E-state index is -3.93. The highest BCUT2D eigenvalue weighted by molar-refractivity contribution is 7.93. The van der Waals surface area contributed by atoms with E-state index in [1.807, 2.05) is 13.8 Å². The van der Waals surface area contributed by atoms with E-state index in [2.05, 4.69) is 0 Å². The molecule has 2 fully saturated rings. The highest BCUT2D eigenvalue weighted by atomic mass is 32.2. The van der Waals surface area contributed by atoms with Gasteiger partial charge in [0, 0.05) is 13.1 Å². The number of esters is 1. The molecule has 0 atom stereocenters. The zero-order valence-corrected chi connectivity index (χ0v) is 19.1. The van der Waals surface area contributed by atoms with E-state index in [0.717, 1.165) is 36.8 Å². The zero-order chi connectivity index (χ0) is 21.9. The number of carbonyl (C=O) groups excluding carboxylic acids is 2. The highest BCUT2D eigenvalue weighted by Gasteiger charge is 2.54. The predicted molar refractivity (Wildman–Crippen MR) is 115 cm³/mol. The number of rotatable bonds is 6. The van der Waals surface area contributed by atoms with E-state index in [4.69, 9.17) is 4.74 Å². The molecular formula is C23H33NO5S. The molecule has 0 unspecified atom stereocenters. The van der Waals surface area contributed by atoms with Gasteiger partial charge in [0.2, 0.25) is 0 Å². The SMILES string of the molecule is Cc1ccc(S(=O)(=O)C2(C(=O)OCC(=O)N(C)C3CCCCC3)CCCC2)cc1C. The number of sulfone groups is 1. The summed E-state index contributed by atoms with van der Waals surface area (Å²) in [5.74, 6) is -1.06. The number of hydrogen-bond acceptors (Lipinski definition) is 5. The maximum absolute atomic E-state index is 13.5. The molecule has 0 aliphatic heterocycles. The van der Waals surface area contributed by atoms with Crippen molar-refractivity contribution in [2.45, 2.75) is 87.3 Å². The van der Waals surface area contributed by atoms with Crippen molar-refractivity contribution in [2.75, 3.05) is 13.7 Å². The molecule has 2 aliphatic carbocycles. The van der Waals surface area contributed by atoms with E-state index < -0.39 is 27.2 Å². The van der Waals surface area contributed by atoms with Crippen LogP contribution in [0, 0.1) is 13.8 Å². The molecule has 7 heteroatoms. The normalized spacial score (nSPS) is 19.4. The first-order valence-corrected chi connectivity index (χ1v) is 12.4. The number of benzene rings is 1. The van der Waals surface area contributed by atoms with Gasteiger partial charge in [0.15, 0.2) is 21.2 Å². The number of aryl methyl sites for hydroxylation is 2. The Hall–Kier alpha value is -1.89. The molecule has 1 aromatic rings. The lowest BCUT2D eigenvalue weighted by atomic mass is 9.94. The smallest absolute Gasteiger partial charge is 0.328 e. The van der Waals surface area contributed by atoms with Crippen molar-refractivity contribution in [3.05, 3.63) is 29.3 Å². The van der Waals surface area contributed by atoms with Crippen LogP contribution in [0.15, 0.2) is 23.1 Å². The van der Waals surface area contributed by atoms with Crippen LogP contribution in [-0.2, 0) is 24.2 Å². The number of amides is 1. The first kappa shape index (κ1) is 22.8. The quantitative estimate of drug-likeness (QED) is 0.636. The topological polar surface area (TPSA) is 80.7 Å². The van der Waals surface area contributed by atoms with Crippen LogP contribution in [0.5, 0.6) is 0 Å². The summed E-state index contributed by atoms with van der Waals surface area (Å²) < 4.78 is 30.7. The second-order valence-electron chi connectivity index (χ2n) is 8.82. The summed E-state index contributed by atoms with van der Waals surface area (Å²) in [4.78, 5) is 27.4. The van der Waals surface area contributed by atoms with Crippen molar-refractivity contribution in [1.82, 2.24) is 4.90 Å². The third kappa shape index (κ3) is 4.27. The van der Waals surface area contributed by atoms with Gasteiger partial charge in [-0.15, -0.1) is 0 Å². The van der Waals surface area contributed by atoms with Crippen molar-refractivity contribution in [3.8, 4) is 0 Å². The second kappa shape index (κ2) is 9.08. The van der Waals surface area contributed by atoms with E-state index in [9.17, 15) is 18.0 Å². The molecule has 0 radical (unpaired) electrons. The Labute approximate surface area is 179 Å². The fourth-order valence-corrected chi connectivity index (χ4v) is 6.80. The van der Waals surface area contributed by atoms with Crippen LogP contribution in [-0.4, -0.2) is 49.6 Å². The molecule has 0 heterocycles. The van der Waals surface area contributed by atoms with Gasteiger partial charge >= 0.3 is 5.97 Å². The van der Waals surface area contributed by atoms with Gasteiger partial charge in [-0.25, -0.2) is 8.42 Å². The maximum atomic E-state index is 13.5. The van der Waals surface area contributed by atoms with E-state index in [1.54, 1.807) is 30.1 Å². The monoisotopic (exact) mass is 435 g/mol. The Kier molecular flexibility index (Phi) is 6.90. The number of nitrogens with zero attached hydrogens (tertiary/aromatic N) is 1. The van der Waals surface area contributed by atoms with Gasteiger partial charge in [-0.1, -0.05) is 38.2 Å². The summed E-state index contributed by atoms with van der Waals surface area (Å²) in [6.45, 7) is 3.36. The maximum Gasteiger partial charge on any atom is 0.328 e. The largest absolute Gasteiger partial charge is 0.454 e. The van der Waals surface area contributed by atoms with Crippen molar-refractivity contribution >= 4 is 21.7 Å². The third-order valence-electron chi connectivity index (χ3n) is 6.93. The van der Waals surface area contributed by atoms with E-state index in [0.29, 0.717) is 12.8 Å². The van der Waals surface area contributed by atoms with Crippen molar-refractivity contribution in [3.63, 3.8) is 0 Å². The molecule has 0 aromatic heterocycles. The lowest BCUT2D eigenvalue weighted by Gasteiger charge is -2.32. The number of ether oxygens (including phenoxy) is 1. The fraction of sp³-hybridized carbons (Fsp3) is 0.652. The molecule has 1 aromatic carbocycles. The summed E-state index contributed by atoms with van der Waals surface area (Å²) in [6, 6.07) is 5.12. The lowest BCUT2D eigenvalue weighted by Crippen LogP contribution is -2.47. The Morgan fingerprint density at radius 3 is 2.27 bits per heavy atom. The molecule has 0 N–H and O–H groups in total. The van der Waals surface area contributed by atoms with Crippen molar-refractivity contribution in [2.24, 2.45) is 0 Å².